The zero-order valence-electron chi connectivity index (χ0n) is 18.5. The molecule has 4 heterocycles. The number of aromatic nitrogens is 4. The summed E-state index contributed by atoms with van der Waals surface area (Å²) < 4.78 is 82.2. The third-order valence-corrected chi connectivity index (χ3v) is 6.75. The fraction of sp³-hybridized carbons (Fsp3) is 0.333. The summed E-state index contributed by atoms with van der Waals surface area (Å²) in [6, 6.07) is 3.55. The normalized spacial score (nSPS) is 17.0. The van der Waals surface area contributed by atoms with Gasteiger partial charge in [-0.15, -0.1) is 0 Å². The second-order valence-corrected chi connectivity index (χ2v) is 9.60. The molecule has 190 valence electrons. The summed E-state index contributed by atoms with van der Waals surface area (Å²) in [7, 11) is -5.75. The number of hydrogen-bond acceptors (Lipinski definition) is 8. The molecule has 1 amide bonds. The van der Waals surface area contributed by atoms with Crippen molar-refractivity contribution in [3.63, 3.8) is 0 Å². The van der Waals surface area contributed by atoms with Crippen LogP contribution in [-0.2, 0) is 14.8 Å². The average molecular weight is 526 g/mol. The Kier molecular flexibility index (Phi) is 6.48. The van der Waals surface area contributed by atoms with Gasteiger partial charge in [0.25, 0.3) is 0 Å². The minimum Gasteiger partial charge on any atom is -0.433 e. The van der Waals surface area contributed by atoms with Gasteiger partial charge in [0.1, 0.15) is 29.2 Å². The summed E-state index contributed by atoms with van der Waals surface area (Å²) in [5.74, 6) is 4.92. The molecule has 1 saturated heterocycles. The maximum atomic E-state index is 14.1. The summed E-state index contributed by atoms with van der Waals surface area (Å²) in [6.45, 7) is 1.88. The van der Waals surface area contributed by atoms with Crippen molar-refractivity contribution in [3.8, 4) is 11.8 Å². The minimum absolute atomic E-state index is 0.0162. The molecular formula is C21H18F4N6O4S. The van der Waals surface area contributed by atoms with Crippen molar-refractivity contribution in [3.05, 3.63) is 47.8 Å². The maximum Gasteiger partial charge on any atom is 0.517 e. The molecule has 2 N–H and O–H groups in total. The number of ether oxygens (including phenoxy) is 1. The Morgan fingerprint density at radius 2 is 2.06 bits per heavy atom. The van der Waals surface area contributed by atoms with Gasteiger partial charge in [0, 0.05) is 12.1 Å². The number of rotatable bonds is 4. The summed E-state index contributed by atoms with van der Waals surface area (Å²) in [5.41, 5.74) is -0.551. The Hall–Kier alpha value is -3.93. The highest BCUT2D eigenvalue weighted by Crippen LogP contribution is 2.37. The van der Waals surface area contributed by atoms with Gasteiger partial charge in [-0.1, -0.05) is 5.92 Å². The van der Waals surface area contributed by atoms with Crippen LogP contribution in [0.15, 0.2) is 30.7 Å². The van der Waals surface area contributed by atoms with Crippen molar-refractivity contribution in [2.45, 2.75) is 37.4 Å². The quantitative estimate of drug-likeness (QED) is 0.405. The molecule has 1 aliphatic heterocycles. The van der Waals surface area contributed by atoms with Crippen molar-refractivity contribution in [2.24, 2.45) is 5.73 Å². The first kappa shape index (κ1) is 25.2. The number of hydrogen-bond donors (Lipinski definition) is 1. The van der Waals surface area contributed by atoms with Gasteiger partial charge in [-0.3, -0.25) is 0 Å². The number of alkyl halides is 3. The first-order valence-corrected chi connectivity index (χ1v) is 11.9. The van der Waals surface area contributed by atoms with Crippen molar-refractivity contribution >= 4 is 33.1 Å². The molecule has 0 aromatic carbocycles. The van der Waals surface area contributed by atoms with Crippen LogP contribution in [0.1, 0.15) is 37.1 Å². The molecule has 0 aliphatic carbocycles. The van der Waals surface area contributed by atoms with E-state index in [1.165, 1.54) is 25.1 Å². The first-order chi connectivity index (χ1) is 16.9. The highest BCUT2D eigenvalue weighted by molar-refractivity contribution is 7.90. The molecule has 10 nitrogen and oxygen atoms in total. The molecule has 15 heteroatoms. The number of carbonyl (C=O) groups excluding carboxylic acids is 1. The Labute approximate surface area is 202 Å². The molecule has 3 aromatic heterocycles. The second-order valence-electron chi connectivity index (χ2n) is 7.79. The van der Waals surface area contributed by atoms with E-state index in [1.54, 1.807) is 4.90 Å². The van der Waals surface area contributed by atoms with Gasteiger partial charge < -0.3 is 15.4 Å². The number of nitrogens with two attached hydrogens (primary N) is 1. The number of pyridine rings is 2. The zero-order valence-corrected chi connectivity index (χ0v) is 19.3. The van der Waals surface area contributed by atoms with Gasteiger partial charge in [-0.05, 0) is 43.9 Å². The summed E-state index contributed by atoms with van der Waals surface area (Å²) in [4.78, 5) is 24.5. The molecule has 3 aromatic rings. The predicted molar refractivity (Wildman–Crippen MR) is 118 cm³/mol. The third kappa shape index (κ3) is 4.76. The lowest BCUT2D eigenvalue weighted by molar-refractivity contribution is -0.0445. The van der Waals surface area contributed by atoms with Crippen molar-refractivity contribution in [2.75, 3.05) is 11.4 Å². The Bertz CT molecular complexity index is 1500. The lowest BCUT2D eigenvalue weighted by Crippen LogP contribution is -2.29. The monoisotopic (exact) mass is 526 g/mol. The second kappa shape index (κ2) is 9.26. The van der Waals surface area contributed by atoms with Gasteiger partial charge in [0.2, 0.25) is 0 Å². The number of halogens is 4. The predicted octanol–water partition coefficient (Wildman–Crippen LogP) is 2.84. The van der Waals surface area contributed by atoms with Crippen LogP contribution >= 0.6 is 0 Å². The molecule has 0 saturated carbocycles. The average Bonchev–Trinajstić information content (AvgIpc) is 3.44. The number of imidazole rings is 1. The van der Waals surface area contributed by atoms with E-state index in [0.29, 0.717) is 31.3 Å². The standard InChI is InChI=1S/C21H18F4N6O4S/c1-12(35-20(26)32)4-5-15-14(9-13(22)10-27-15)17-3-2-8-30(17)18-7-6-16-19(29-18)31(11-28-16)36(33,34)21(23,24)25/h6-7,9-12,17H,2-3,8H2,1H3,(H2,26,32). The number of fused-ring (bicyclic) bond motifs is 1. The molecule has 2 atom stereocenters. The number of anilines is 1. The molecule has 1 fully saturated rings. The molecule has 0 radical (unpaired) electrons. The van der Waals surface area contributed by atoms with Crippen LogP contribution in [-0.4, -0.2) is 51.6 Å². The van der Waals surface area contributed by atoms with E-state index in [9.17, 15) is 30.8 Å². The fourth-order valence-corrected chi connectivity index (χ4v) is 4.62. The van der Waals surface area contributed by atoms with E-state index in [-0.39, 0.29) is 21.0 Å². The van der Waals surface area contributed by atoms with Crippen LogP contribution in [0, 0.1) is 17.7 Å². The van der Waals surface area contributed by atoms with Crippen molar-refractivity contribution in [1.29, 1.82) is 0 Å². The Morgan fingerprint density at radius 3 is 2.75 bits per heavy atom. The van der Waals surface area contributed by atoms with E-state index in [4.69, 9.17) is 10.5 Å². The Balaban J connectivity index is 1.75. The minimum atomic E-state index is -5.75. The van der Waals surface area contributed by atoms with Gasteiger partial charge in [0.05, 0.1) is 12.2 Å². The SMILES string of the molecule is CC(C#Cc1ncc(F)cc1C1CCCN1c1ccc2ncn(S(=O)(=O)C(F)(F)F)c2n1)OC(N)=O. The number of amides is 1. The van der Waals surface area contributed by atoms with Gasteiger partial charge >= 0.3 is 21.6 Å². The largest absolute Gasteiger partial charge is 0.517 e. The van der Waals surface area contributed by atoms with E-state index >= 15 is 0 Å². The number of nitrogens with zero attached hydrogens (tertiary/aromatic N) is 5. The molecule has 4 rings (SSSR count). The van der Waals surface area contributed by atoms with Crippen LogP contribution in [0.4, 0.5) is 28.2 Å². The van der Waals surface area contributed by atoms with Crippen LogP contribution in [0.2, 0.25) is 0 Å². The highest BCUT2D eigenvalue weighted by Gasteiger charge is 2.48. The van der Waals surface area contributed by atoms with E-state index in [0.717, 1.165) is 6.20 Å². The van der Waals surface area contributed by atoms with Crippen LogP contribution in [0.5, 0.6) is 0 Å². The maximum absolute atomic E-state index is 14.1. The Morgan fingerprint density at radius 1 is 1.31 bits per heavy atom. The molecular weight excluding hydrogens is 508 g/mol. The smallest absolute Gasteiger partial charge is 0.433 e. The van der Waals surface area contributed by atoms with Crippen LogP contribution in [0.25, 0.3) is 11.2 Å². The van der Waals surface area contributed by atoms with Crippen molar-refractivity contribution in [1.82, 2.24) is 18.9 Å². The van der Waals surface area contributed by atoms with E-state index < -0.39 is 45.2 Å². The molecule has 2 unspecified atom stereocenters. The van der Waals surface area contributed by atoms with Crippen molar-refractivity contribution < 1.29 is 35.5 Å². The van der Waals surface area contributed by atoms with Gasteiger partial charge in [0.15, 0.2) is 11.8 Å². The molecule has 0 spiro atoms. The third-order valence-electron chi connectivity index (χ3n) is 5.38. The molecule has 1 aliphatic rings. The summed E-state index contributed by atoms with van der Waals surface area (Å²) in [6.07, 6.45) is 0.769. The van der Waals surface area contributed by atoms with Crippen LogP contribution in [0.3, 0.4) is 0 Å². The van der Waals surface area contributed by atoms with Gasteiger partial charge in [-0.25, -0.2) is 28.1 Å². The molecule has 0 bridgehead atoms. The van der Waals surface area contributed by atoms with Crippen LogP contribution < -0.4 is 10.6 Å². The van der Waals surface area contributed by atoms with Gasteiger partial charge in [-0.2, -0.15) is 21.6 Å². The van der Waals surface area contributed by atoms with E-state index in [1.807, 2.05) is 0 Å². The summed E-state index contributed by atoms with van der Waals surface area (Å²) >= 11 is 0. The highest BCUT2D eigenvalue weighted by atomic mass is 32.2. The lowest BCUT2D eigenvalue weighted by atomic mass is 10.0. The number of primary amides is 1. The molecule has 36 heavy (non-hydrogen) atoms. The fourth-order valence-electron chi connectivity index (χ4n) is 3.86. The lowest BCUT2D eigenvalue weighted by Gasteiger charge is -2.26. The number of carbonyl (C=O) groups is 1. The zero-order chi connectivity index (χ0) is 26.3. The van der Waals surface area contributed by atoms with E-state index in [2.05, 4.69) is 26.8 Å². The first-order valence-electron chi connectivity index (χ1n) is 10.4. The summed E-state index contributed by atoms with van der Waals surface area (Å²) in [5, 5.41) is 0. The topological polar surface area (TPSA) is 133 Å².